The first-order valence-corrected chi connectivity index (χ1v) is 8.13. The maximum absolute atomic E-state index is 12.4. The van der Waals surface area contributed by atoms with Crippen molar-refractivity contribution in [1.29, 1.82) is 0 Å². The molecule has 1 aliphatic rings. The van der Waals surface area contributed by atoms with Crippen LogP contribution in [0.5, 0.6) is 0 Å². The summed E-state index contributed by atoms with van der Waals surface area (Å²) in [5.41, 5.74) is 7.05. The summed E-state index contributed by atoms with van der Waals surface area (Å²) in [6.07, 6.45) is 0.407. The monoisotopic (exact) mass is 282 g/mol. The molecule has 6 heteroatoms. The second-order valence-corrected chi connectivity index (χ2v) is 6.97. The van der Waals surface area contributed by atoms with Crippen molar-refractivity contribution in [3.8, 4) is 0 Å². The van der Waals surface area contributed by atoms with Crippen molar-refractivity contribution < 1.29 is 13.2 Å². The number of nitrogen functional groups attached to an aromatic ring is 1. The molecule has 19 heavy (non-hydrogen) atoms. The Hall–Kier alpha value is -1.56. The van der Waals surface area contributed by atoms with Gasteiger partial charge in [0.25, 0.3) is 0 Å². The van der Waals surface area contributed by atoms with Crippen molar-refractivity contribution >= 4 is 27.1 Å². The summed E-state index contributed by atoms with van der Waals surface area (Å²) < 4.78 is 22.9. The van der Waals surface area contributed by atoms with Crippen LogP contribution in [0.3, 0.4) is 0 Å². The van der Waals surface area contributed by atoms with Gasteiger partial charge < -0.3 is 10.6 Å². The van der Waals surface area contributed by atoms with Crippen LogP contribution in [0, 0.1) is 5.92 Å². The zero-order valence-electron chi connectivity index (χ0n) is 10.9. The largest absolute Gasteiger partial charge is 0.397 e. The number of amides is 1. The van der Waals surface area contributed by atoms with E-state index in [0.717, 1.165) is 0 Å². The molecule has 104 valence electrons. The number of anilines is 2. The van der Waals surface area contributed by atoms with Crippen LogP contribution in [0.2, 0.25) is 0 Å². The standard InChI is InChI=1S/C13H18N2O3S/c1-2-15(12-6-4-3-5-11(12)14)13(16)10-7-8-19(17,18)9-10/h3-6,10H,2,7-9,14H2,1H3. The maximum atomic E-state index is 12.4. The molecule has 0 bridgehead atoms. The number of hydrogen-bond donors (Lipinski definition) is 1. The molecular weight excluding hydrogens is 264 g/mol. The summed E-state index contributed by atoms with van der Waals surface area (Å²) in [5.74, 6) is -0.536. The molecule has 1 aliphatic heterocycles. The van der Waals surface area contributed by atoms with Crippen LogP contribution in [0.15, 0.2) is 24.3 Å². The molecule has 2 rings (SSSR count). The molecule has 2 N–H and O–H groups in total. The van der Waals surface area contributed by atoms with Crippen LogP contribution < -0.4 is 10.6 Å². The minimum Gasteiger partial charge on any atom is -0.397 e. The predicted molar refractivity (Wildman–Crippen MR) is 75.6 cm³/mol. The van der Waals surface area contributed by atoms with E-state index in [4.69, 9.17) is 5.73 Å². The van der Waals surface area contributed by atoms with Crippen LogP contribution in [-0.2, 0) is 14.6 Å². The Morgan fingerprint density at radius 3 is 2.63 bits per heavy atom. The van der Waals surface area contributed by atoms with Crippen molar-refractivity contribution in [3.05, 3.63) is 24.3 Å². The first-order valence-electron chi connectivity index (χ1n) is 6.31. The lowest BCUT2D eigenvalue weighted by atomic mass is 10.1. The molecule has 1 atom stereocenters. The van der Waals surface area contributed by atoms with Gasteiger partial charge in [-0.3, -0.25) is 4.79 Å². The van der Waals surface area contributed by atoms with Crippen molar-refractivity contribution in [2.24, 2.45) is 5.92 Å². The molecule has 5 nitrogen and oxygen atoms in total. The second kappa shape index (κ2) is 5.21. The number of carbonyl (C=O) groups is 1. The second-order valence-electron chi connectivity index (χ2n) is 4.74. The van der Waals surface area contributed by atoms with Gasteiger partial charge in [0.05, 0.1) is 28.8 Å². The van der Waals surface area contributed by atoms with Gasteiger partial charge in [-0.1, -0.05) is 12.1 Å². The van der Waals surface area contributed by atoms with E-state index in [-0.39, 0.29) is 17.4 Å². The van der Waals surface area contributed by atoms with Crippen molar-refractivity contribution in [3.63, 3.8) is 0 Å². The van der Waals surface area contributed by atoms with Crippen LogP contribution in [0.1, 0.15) is 13.3 Å². The number of hydrogen-bond acceptors (Lipinski definition) is 4. The van der Waals surface area contributed by atoms with Crippen LogP contribution in [-0.4, -0.2) is 32.4 Å². The Morgan fingerprint density at radius 1 is 1.42 bits per heavy atom. The smallest absolute Gasteiger partial charge is 0.231 e. The quantitative estimate of drug-likeness (QED) is 0.840. The highest BCUT2D eigenvalue weighted by Gasteiger charge is 2.35. The van der Waals surface area contributed by atoms with Gasteiger partial charge in [-0.05, 0) is 25.5 Å². The summed E-state index contributed by atoms with van der Waals surface area (Å²) >= 11 is 0. The van der Waals surface area contributed by atoms with Crippen LogP contribution >= 0.6 is 0 Å². The molecular formula is C13H18N2O3S. The number of para-hydroxylation sites is 2. The molecule has 0 aliphatic carbocycles. The Kier molecular flexibility index (Phi) is 3.80. The summed E-state index contributed by atoms with van der Waals surface area (Å²) in [6, 6.07) is 7.13. The van der Waals surface area contributed by atoms with E-state index < -0.39 is 15.8 Å². The summed E-state index contributed by atoms with van der Waals surface area (Å²) in [6.45, 7) is 2.33. The van der Waals surface area contributed by atoms with E-state index >= 15 is 0 Å². The number of nitrogens with two attached hydrogens (primary N) is 1. The Bertz CT molecular complexity index is 583. The SMILES string of the molecule is CCN(C(=O)C1CCS(=O)(=O)C1)c1ccccc1N. The molecule has 1 saturated heterocycles. The fourth-order valence-electron chi connectivity index (χ4n) is 2.39. The molecule has 1 heterocycles. The zero-order valence-corrected chi connectivity index (χ0v) is 11.7. The lowest BCUT2D eigenvalue weighted by Crippen LogP contribution is -2.37. The number of rotatable bonds is 3. The summed E-state index contributed by atoms with van der Waals surface area (Å²) in [4.78, 5) is 14.0. The van der Waals surface area contributed by atoms with E-state index in [1.807, 2.05) is 13.0 Å². The minimum atomic E-state index is -3.05. The average molecular weight is 282 g/mol. The molecule has 1 fully saturated rings. The molecule has 1 amide bonds. The highest BCUT2D eigenvalue weighted by atomic mass is 32.2. The third-order valence-electron chi connectivity index (χ3n) is 3.39. The number of benzene rings is 1. The molecule has 0 radical (unpaired) electrons. The predicted octanol–water partition coefficient (Wildman–Crippen LogP) is 1.06. The molecule has 0 spiro atoms. The highest BCUT2D eigenvalue weighted by molar-refractivity contribution is 7.91. The lowest BCUT2D eigenvalue weighted by Gasteiger charge is -2.25. The van der Waals surface area contributed by atoms with E-state index in [2.05, 4.69) is 0 Å². The average Bonchev–Trinajstić information content (AvgIpc) is 2.73. The van der Waals surface area contributed by atoms with Crippen molar-refractivity contribution in [2.75, 3.05) is 28.7 Å². The van der Waals surface area contributed by atoms with Gasteiger partial charge in [0.2, 0.25) is 5.91 Å². The van der Waals surface area contributed by atoms with E-state index in [1.165, 1.54) is 0 Å². The fourth-order valence-corrected chi connectivity index (χ4v) is 4.12. The van der Waals surface area contributed by atoms with Crippen LogP contribution in [0.4, 0.5) is 11.4 Å². The Morgan fingerprint density at radius 2 is 2.11 bits per heavy atom. The summed E-state index contributed by atoms with van der Waals surface area (Å²) in [5, 5.41) is 0. The van der Waals surface area contributed by atoms with Gasteiger partial charge in [-0.2, -0.15) is 0 Å². The molecule has 1 aromatic carbocycles. The maximum Gasteiger partial charge on any atom is 0.231 e. The molecule has 0 aromatic heterocycles. The minimum absolute atomic E-state index is 0.0466. The third-order valence-corrected chi connectivity index (χ3v) is 5.16. The van der Waals surface area contributed by atoms with Gasteiger partial charge >= 0.3 is 0 Å². The van der Waals surface area contributed by atoms with E-state index in [0.29, 0.717) is 24.3 Å². The topological polar surface area (TPSA) is 80.5 Å². The van der Waals surface area contributed by atoms with Crippen LogP contribution in [0.25, 0.3) is 0 Å². The molecule has 1 aromatic rings. The number of nitrogens with zero attached hydrogens (tertiary/aromatic N) is 1. The Balaban J connectivity index is 2.24. The van der Waals surface area contributed by atoms with E-state index in [9.17, 15) is 13.2 Å². The lowest BCUT2D eigenvalue weighted by molar-refractivity contribution is -0.121. The number of sulfone groups is 1. The third kappa shape index (κ3) is 2.89. The highest BCUT2D eigenvalue weighted by Crippen LogP contribution is 2.27. The molecule has 0 saturated carbocycles. The van der Waals surface area contributed by atoms with Crippen molar-refractivity contribution in [1.82, 2.24) is 0 Å². The van der Waals surface area contributed by atoms with Crippen molar-refractivity contribution in [2.45, 2.75) is 13.3 Å². The first kappa shape index (κ1) is 13.9. The number of carbonyl (C=O) groups excluding carboxylic acids is 1. The van der Waals surface area contributed by atoms with E-state index in [1.54, 1.807) is 23.1 Å². The normalized spacial score (nSPS) is 21.2. The van der Waals surface area contributed by atoms with Gasteiger partial charge in [0.1, 0.15) is 0 Å². The molecule has 1 unspecified atom stereocenters. The van der Waals surface area contributed by atoms with Gasteiger partial charge in [0, 0.05) is 6.54 Å². The zero-order chi connectivity index (χ0) is 14.0. The summed E-state index contributed by atoms with van der Waals surface area (Å²) in [7, 11) is -3.05. The Labute approximate surface area is 113 Å². The van der Waals surface area contributed by atoms with Gasteiger partial charge in [0.15, 0.2) is 9.84 Å². The van der Waals surface area contributed by atoms with Gasteiger partial charge in [-0.25, -0.2) is 8.42 Å². The first-order chi connectivity index (χ1) is 8.94. The fraction of sp³-hybridized carbons (Fsp3) is 0.462. The van der Waals surface area contributed by atoms with Gasteiger partial charge in [-0.15, -0.1) is 0 Å².